The maximum Gasteiger partial charge on any atom is 0.430 e. The second-order valence-corrected chi connectivity index (χ2v) is 9.71. The summed E-state index contributed by atoms with van der Waals surface area (Å²) in [5, 5.41) is 12.6. The molecule has 13 heteroatoms. The van der Waals surface area contributed by atoms with Crippen molar-refractivity contribution in [2.24, 2.45) is 7.05 Å². The molecule has 1 saturated heterocycles. The molecule has 2 aromatic heterocycles. The molecule has 1 aliphatic rings. The number of benzene rings is 2. The molecule has 4 aromatic rings. The lowest BCUT2D eigenvalue weighted by molar-refractivity contribution is -0.880. The second kappa shape index (κ2) is 11.4. The fraction of sp³-hybridized carbons (Fsp3) is 0.333. The third-order valence-electron chi connectivity index (χ3n) is 6.78. The smallest absolute Gasteiger partial charge is 0.430 e. The van der Waals surface area contributed by atoms with Crippen molar-refractivity contribution in [3.8, 4) is 5.69 Å². The fourth-order valence-corrected chi connectivity index (χ4v) is 4.59. The number of aliphatic carboxylic acids is 1. The van der Waals surface area contributed by atoms with Crippen molar-refractivity contribution < 1.29 is 28.0 Å². The van der Waals surface area contributed by atoms with Crippen LogP contribution in [0, 0.1) is 13.8 Å². The van der Waals surface area contributed by atoms with Crippen LogP contribution in [0.2, 0.25) is 0 Å². The molecule has 40 heavy (non-hydrogen) atoms. The molecule has 3 heterocycles. The number of aryl methyl sites for hydroxylation is 3. The van der Waals surface area contributed by atoms with E-state index in [1.807, 2.05) is 38.2 Å². The van der Waals surface area contributed by atoms with Crippen LogP contribution in [0.4, 0.5) is 30.5 Å². The van der Waals surface area contributed by atoms with Gasteiger partial charge in [-0.25, -0.2) is 9.67 Å². The molecule has 0 bridgehead atoms. The summed E-state index contributed by atoms with van der Waals surface area (Å²) in [4.78, 5) is 35.0. The highest BCUT2D eigenvalue weighted by molar-refractivity contribution is 5.76. The predicted octanol–water partition coefficient (Wildman–Crippen LogP) is 1.11. The van der Waals surface area contributed by atoms with E-state index >= 15 is 0 Å². The largest absolute Gasteiger partial charge is 0.542 e. The number of para-hydroxylation sites is 1. The number of fused-ring (bicyclic) bond motifs is 1. The van der Waals surface area contributed by atoms with Crippen molar-refractivity contribution in [1.82, 2.24) is 19.3 Å². The van der Waals surface area contributed by atoms with Crippen LogP contribution in [0.15, 0.2) is 53.5 Å². The van der Waals surface area contributed by atoms with Crippen LogP contribution in [0.1, 0.15) is 11.1 Å². The van der Waals surface area contributed by atoms with Gasteiger partial charge in [-0.15, -0.1) is 0 Å². The molecule has 212 valence electrons. The van der Waals surface area contributed by atoms with Crippen LogP contribution in [-0.4, -0.2) is 64.7 Å². The molecule has 0 aliphatic carbocycles. The Morgan fingerprint density at radius 2 is 1.70 bits per heavy atom. The number of aromatic nitrogens is 4. The van der Waals surface area contributed by atoms with Crippen LogP contribution in [0.5, 0.6) is 0 Å². The molecule has 0 atom stereocenters. The Morgan fingerprint density at radius 3 is 2.30 bits per heavy atom. The number of rotatable bonds is 4. The molecule has 0 radical (unpaired) electrons. The van der Waals surface area contributed by atoms with Gasteiger partial charge in [-0.3, -0.25) is 9.48 Å². The molecule has 2 N–H and O–H groups in total. The minimum absolute atomic E-state index is 0.123. The topological polar surface area (TPSA) is 113 Å². The second-order valence-electron chi connectivity index (χ2n) is 9.71. The molecular formula is C27H30F3N7O3. The van der Waals surface area contributed by atoms with E-state index in [1.165, 1.54) is 11.3 Å². The van der Waals surface area contributed by atoms with Crippen molar-refractivity contribution in [3.63, 3.8) is 0 Å². The van der Waals surface area contributed by atoms with E-state index in [0.717, 1.165) is 43.1 Å². The summed E-state index contributed by atoms with van der Waals surface area (Å²) in [6, 6.07) is 14.2. The van der Waals surface area contributed by atoms with Crippen LogP contribution < -0.4 is 25.8 Å². The minimum Gasteiger partial charge on any atom is -0.542 e. The number of hydrogen-bond donors (Lipinski definition) is 2. The van der Waals surface area contributed by atoms with Crippen molar-refractivity contribution in [2.45, 2.75) is 20.0 Å². The summed E-state index contributed by atoms with van der Waals surface area (Å²) in [6.07, 6.45) is -3.59. The van der Waals surface area contributed by atoms with Gasteiger partial charge in [0, 0.05) is 24.6 Å². The molecule has 0 unspecified atom stereocenters. The number of piperazine rings is 1. The monoisotopic (exact) mass is 557 g/mol. The maximum atomic E-state index is 13.1. The zero-order valence-electron chi connectivity index (χ0n) is 22.5. The SMILES string of the molecule is Cc1cc(Nc2ncc3c(=O)n(-c4ccccc4C)n(C)c3n2)ccc1N1CC[NH+](C)CC1.O=C([O-])C(F)(F)F. The average molecular weight is 558 g/mol. The number of hydrogen-bond acceptors (Lipinski definition) is 7. The molecule has 5 rings (SSSR count). The van der Waals surface area contributed by atoms with Gasteiger partial charge in [0.15, 0.2) is 5.65 Å². The summed E-state index contributed by atoms with van der Waals surface area (Å²) in [6.45, 7) is 8.60. The summed E-state index contributed by atoms with van der Waals surface area (Å²) < 4.78 is 35.0. The van der Waals surface area contributed by atoms with Crippen molar-refractivity contribution in [3.05, 3.63) is 70.1 Å². The van der Waals surface area contributed by atoms with E-state index in [1.54, 1.807) is 20.5 Å². The van der Waals surface area contributed by atoms with Gasteiger partial charge in [-0.1, -0.05) is 18.2 Å². The van der Waals surface area contributed by atoms with Gasteiger partial charge in [0.05, 0.1) is 38.9 Å². The zero-order chi connectivity index (χ0) is 29.2. The van der Waals surface area contributed by atoms with Gasteiger partial charge in [0.2, 0.25) is 5.95 Å². The number of likely N-dealkylation sites (N-methyl/N-ethyl adjacent to an activating group) is 1. The van der Waals surface area contributed by atoms with Crippen LogP contribution in [-0.2, 0) is 11.8 Å². The van der Waals surface area contributed by atoms with Crippen LogP contribution in [0.3, 0.4) is 0 Å². The molecule has 1 aliphatic heterocycles. The third kappa shape index (κ3) is 6.09. The fourth-order valence-electron chi connectivity index (χ4n) is 4.59. The average Bonchev–Trinajstić information content (AvgIpc) is 3.14. The lowest BCUT2D eigenvalue weighted by atomic mass is 10.1. The van der Waals surface area contributed by atoms with Crippen LogP contribution in [0.25, 0.3) is 16.7 Å². The minimum atomic E-state index is -5.19. The van der Waals surface area contributed by atoms with Gasteiger partial charge in [0.25, 0.3) is 5.56 Å². The quantitative estimate of drug-likeness (QED) is 0.387. The Balaban J connectivity index is 0.000000470. The first-order valence-electron chi connectivity index (χ1n) is 12.6. The number of anilines is 3. The number of nitrogens with one attached hydrogen (secondary N) is 2. The highest BCUT2D eigenvalue weighted by Gasteiger charge is 2.28. The Labute approximate surface area is 228 Å². The molecule has 2 aromatic carbocycles. The maximum absolute atomic E-state index is 13.1. The first-order chi connectivity index (χ1) is 18.9. The molecule has 10 nitrogen and oxygen atoms in total. The highest BCUT2D eigenvalue weighted by Crippen LogP contribution is 2.25. The predicted molar refractivity (Wildman–Crippen MR) is 143 cm³/mol. The first-order valence-corrected chi connectivity index (χ1v) is 12.6. The lowest BCUT2D eigenvalue weighted by Crippen LogP contribution is -3.12. The van der Waals surface area contributed by atoms with E-state index < -0.39 is 12.1 Å². The first kappa shape index (κ1) is 28.6. The van der Waals surface area contributed by atoms with Gasteiger partial charge in [-0.05, 0) is 49.2 Å². The Morgan fingerprint density at radius 1 is 1.05 bits per heavy atom. The number of carboxylic acid groups (broad SMARTS) is 1. The van der Waals surface area contributed by atoms with Crippen molar-refractivity contribution >= 4 is 34.3 Å². The van der Waals surface area contributed by atoms with E-state index in [2.05, 4.69) is 52.4 Å². The summed E-state index contributed by atoms with van der Waals surface area (Å²) >= 11 is 0. The summed E-state index contributed by atoms with van der Waals surface area (Å²) in [5.74, 6) is -2.54. The van der Waals surface area contributed by atoms with Gasteiger partial charge in [0.1, 0.15) is 11.4 Å². The number of carboxylic acids is 1. The standard InChI is InChI=1S/C25H29N7O.C2HF3O2/c1-17-7-5-6-8-22(17)32-24(33)20-16-26-25(28-23(20)30(32)4)27-19-9-10-21(18(2)15-19)31-13-11-29(3)12-14-31;3-2(4,5)1(6)7/h5-10,15-16H,11-14H2,1-4H3,(H,26,27,28);(H,6,7). The summed E-state index contributed by atoms with van der Waals surface area (Å²) in [5.41, 5.74) is 5.76. The van der Waals surface area contributed by atoms with Crippen LogP contribution >= 0.6 is 0 Å². The number of nitrogens with zero attached hydrogens (tertiary/aromatic N) is 5. The molecule has 1 fully saturated rings. The number of alkyl halides is 3. The number of carbonyl (C=O) groups is 1. The molecule has 0 spiro atoms. The number of halogens is 3. The van der Waals surface area contributed by atoms with Crippen molar-refractivity contribution in [2.75, 3.05) is 43.4 Å². The normalized spacial score (nSPS) is 14.1. The zero-order valence-corrected chi connectivity index (χ0v) is 22.5. The van der Waals surface area contributed by atoms with E-state index in [9.17, 15) is 18.0 Å². The Hall–Kier alpha value is -4.39. The van der Waals surface area contributed by atoms with Gasteiger partial charge >= 0.3 is 6.18 Å². The summed E-state index contributed by atoms with van der Waals surface area (Å²) in [7, 11) is 4.10. The van der Waals surface area contributed by atoms with E-state index in [0.29, 0.717) is 17.0 Å². The highest BCUT2D eigenvalue weighted by atomic mass is 19.4. The van der Waals surface area contributed by atoms with E-state index in [4.69, 9.17) is 9.90 Å². The van der Waals surface area contributed by atoms with Gasteiger partial charge < -0.3 is 25.0 Å². The Bertz CT molecular complexity index is 1590. The Kier molecular flexibility index (Phi) is 8.14. The van der Waals surface area contributed by atoms with E-state index in [-0.39, 0.29) is 5.56 Å². The number of carbonyl (C=O) groups excluding carboxylic acids is 1. The van der Waals surface area contributed by atoms with Gasteiger partial charge in [-0.2, -0.15) is 18.2 Å². The molecular weight excluding hydrogens is 527 g/mol. The van der Waals surface area contributed by atoms with Crippen molar-refractivity contribution in [1.29, 1.82) is 0 Å². The molecule has 0 amide bonds. The number of quaternary nitrogens is 1. The lowest BCUT2D eigenvalue weighted by Gasteiger charge is -2.32. The third-order valence-corrected chi connectivity index (χ3v) is 6.78. The molecule has 0 saturated carbocycles.